The first-order valence-electron chi connectivity index (χ1n) is 5.04. The number of carbonyl (C=O) groups excluding carboxylic acids is 1. The number of ether oxygens (including phenoxy) is 2. The van der Waals surface area contributed by atoms with Crippen molar-refractivity contribution in [3.05, 3.63) is 0 Å². The molecule has 0 aromatic heterocycles. The van der Waals surface area contributed by atoms with E-state index in [1.165, 1.54) is 6.92 Å². The van der Waals surface area contributed by atoms with Crippen LogP contribution in [0.3, 0.4) is 0 Å². The minimum Gasteiger partial charge on any atom is -0.441 e. The molecular formula is C10H17N2O3+. The van der Waals surface area contributed by atoms with Crippen molar-refractivity contribution in [1.82, 2.24) is 0 Å². The Labute approximate surface area is 89.8 Å². The zero-order chi connectivity index (χ0) is 11.3. The lowest BCUT2D eigenvalue weighted by Crippen LogP contribution is -2.55. The van der Waals surface area contributed by atoms with Crippen LogP contribution < -0.4 is 0 Å². The highest BCUT2D eigenvalue weighted by Gasteiger charge is 2.30. The molecular weight excluding hydrogens is 196 g/mol. The average Bonchev–Trinajstić information content (AvgIpc) is 2.16. The number of nitrogens with zero attached hydrogens (tertiary/aromatic N) is 2. The maximum absolute atomic E-state index is 10.8. The van der Waals surface area contributed by atoms with Gasteiger partial charge in [-0.1, -0.05) is 0 Å². The van der Waals surface area contributed by atoms with Gasteiger partial charge >= 0.3 is 5.97 Å². The van der Waals surface area contributed by atoms with E-state index in [-0.39, 0.29) is 0 Å². The molecule has 15 heavy (non-hydrogen) atoms. The number of esters is 1. The molecule has 0 saturated carbocycles. The molecule has 1 unspecified atom stereocenters. The highest BCUT2D eigenvalue weighted by atomic mass is 16.5. The van der Waals surface area contributed by atoms with Crippen molar-refractivity contribution in [2.75, 3.05) is 39.9 Å². The molecule has 0 bridgehead atoms. The molecule has 1 aliphatic heterocycles. The second-order valence-corrected chi connectivity index (χ2v) is 4.09. The summed E-state index contributed by atoms with van der Waals surface area (Å²) in [6.07, 6.45) is -0.648. The Balaban J connectivity index is 2.49. The van der Waals surface area contributed by atoms with Gasteiger partial charge < -0.3 is 14.0 Å². The van der Waals surface area contributed by atoms with Gasteiger partial charge in [0.05, 0.1) is 20.3 Å². The van der Waals surface area contributed by atoms with Gasteiger partial charge in [-0.25, -0.2) is 0 Å². The first kappa shape index (κ1) is 12.0. The summed E-state index contributed by atoms with van der Waals surface area (Å²) in [6.45, 7) is 4.99. The predicted molar refractivity (Wildman–Crippen MR) is 52.8 cm³/mol. The van der Waals surface area contributed by atoms with Crippen molar-refractivity contribution in [1.29, 1.82) is 5.26 Å². The highest BCUT2D eigenvalue weighted by Crippen LogP contribution is 2.10. The van der Waals surface area contributed by atoms with E-state index in [0.717, 1.165) is 17.6 Å². The van der Waals surface area contributed by atoms with Gasteiger partial charge in [0.1, 0.15) is 25.7 Å². The van der Waals surface area contributed by atoms with Crippen molar-refractivity contribution >= 4 is 5.97 Å². The van der Waals surface area contributed by atoms with Crippen molar-refractivity contribution in [3.63, 3.8) is 0 Å². The minimum atomic E-state index is -0.648. The summed E-state index contributed by atoms with van der Waals surface area (Å²) in [5.74, 6) is -0.401. The van der Waals surface area contributed by atoms with Gasteiger partial charge in [-0.3, -0.25) is 4.79 Å². The average molecular weight is 213 g/mol. The lowest BCUT2D eigenvalue weighted by atomic mass is 10.2. The third-order valence-electron chi connectivity index (χ3n) is 2.61. The fraction of sp³-hybridized carbons (Fsp3) is 0.800. The molecule has 0 amide bonds. The minimum absolute atomic E-state index is 0.401. The predicted octanol–water partition coefficient (Wildman–Crippen LogP) is -0.0815. The summed E-state index contributed by atoms with van der Waals surface area (Å²) >= 11 is 0. The molecule has 1 saturated heterocycles. The summed E-state index contributed by atoms with van der Waals surface area (Å²) in [6, 6.07) is 2.01. The second kappa shape index (κ2) is 5.10. The molecule has 0 N–H and O–H groups in total. The lowest BCUT2D eigenvalue weighted by Gasteiger charge is -2.38. The lowest BCUT2D eigenvalue weighted by molar-refractivity contribution is -0.918. The molecule has 1 aliphatic rings. The zero-order valence-corrected chi connectivity index (χ0v) is 9.23. The Hall–Kier alpha value is -1.12. The number of quaternary nitrogens is 1. The molecule has 1 rings (SSSR count). The Bertz CT molecular complexity index is 266. The van der Waals surface area contributed by atoms with Crippen LogP contribution in [0, 0.1) is 11.3 Å². The van der Waals surface area contributed by atoms with E-state index in [1.807, 2.05) is 6.07 Å². The highest BCUT2D eigenvalue weighted by molar-refractivity contribution is 5.66. The standard InChI is InChI=1S/C10H17N2O3/c1-9(13)15-10(7-11)8-12(2)3-5-14-6-4-12/h10H,3-6,8H2,1-2H3/q+1. The van der Waals surface area contributed by atoms with Crippen LogP contribution in [-0.2, 0) is 14.3 Å². The van der Waals surface area contributed by atoms with Crippen LogP contribution in [0.1, 0.15) is 6.92 Å². The fourth-order valence-corrected chi connectivity index (χ4v) is 1.67. The summed E-state index contributed by atoms with van der Waals surface area (Å²) in [7, 11) is 2.05. The normalized spacial score (nSPS) is 21.4. The SMILES string of the molecule is CC(=O)OC(C#N)C[N+]1(C)CCOCC1. The van der Waals surface area contributed by atoms with Crippen molar-refractivity contribution < 1.29 is 18.8 Å². The molecule has 5 heteroatoms. The van der Waals surface area contributed by atoms with Crippen molar-refractivity contribution in [2.45, 2.75) is 13.0 Å². The molecule has 1 heterocycles. The Morgan fingerprint density at radius 2 is 2.20 bits per heavy atom. The van der Waals surface area contributed by atoms with E-state index in [0.29, 0.717) is 19.8 Å². The topological polar surface area (TPSA) is 59.3 Å². The van der Waals surface area contributed by atoms with Crippen LogP contribution in [0.15, 0.2) is 0 Å². The quantitative estimate of drug-likeness (QED) is 0.486. The number of nitriles is 1. The molecule has 5 nitrogen and oxygen atoms in total. The number of hydrogen-bond donors (Lipinski definition) is 0. The molecule has 1 fully saturated rings. The number of morpholine rings is 1. The van der Waals surface area contributed by atoms with Crippen LogP contribution in [0.2, 0.25) is 0 Å². The third-order valence-corrected chi connectivity index (χ3v) is 2.61. The second-order valence-electron chi connectivity index (χ2n) is 4.09. The van der Waals surface area contributed by atoms with Gasteiger partial charge in [-0.05, 0) is 0 Å². The largest absolute Gasteiger partial charge is 0.441 e. The summed E-state index contributed by atoms with van der Waals surface area (Å²) in [4.78, 5) is 10.8. The maximum atomic E-state index is 10.8. The summed E-state index contributed by atoms with van der Waals surface area (Å²) < 4.78 is 10.9. The number of rotatable bonds is 3. The molecule has 84 valence electrons. The number of hydrogen-bond acceptors (Lipinski definition) is 4. The van der Waals surface area contributed by atoms with E-state index in [9.17, 15) is 4.79 Å². The molecule has 0 aromatic carbocycles. The van der Waals surface area contributed by atoms with Crippen LogP contribution in [0.4, 0.5) is 0 Å². The molecule has 0 aromatic rings. The molecule has 1 atom stereocenters. The first-order chi connectivity index (χ1) is 7.06. The molecule has 0 radical (unpaired) electrons. The Kier molecular flexibility index (Phi) is 4.06. The summed E-state index contributed by atoms with van der Waals surface area (Å²) in [5.41, 5.74) is 0. The number of carbonyl (C=O) groups is 1. The van der Waals surface area contributed by atoms with Gasteiger partial charge in [-0.2, -0.15) is 5.26 Å². The third kappa shape index (κ3) is 3.86. The van der Waals surface area contributed by atoms with E-state index >= 15 is 0 Å². The molecule has 0 spiro atoms. The van der Waals surface area contributed by atoms with Gasteiger partial charge in [0.25, 0.3) is 0 Å². The Morgan fingerprint density at radius 1 is 1.60 bits per heavy atom. The first-order valence-corrected chi connectivity index (χ1v) is 5.04. The van der Waals surface area contributed by atoms with E-state index in [4.69, 9.17) is 14.7 Å². The Morgan fingerprint density at radius 3 is 2.67 bits per heavy atom. The monoisotopic (exact) mass is 213 g/mol. The van der Waals surface area contributed by atoms with Gasteiger partial charge in [0.2, 0.25) is 6.10 Å². The smallest absolute Gasteiger partial charge is 0.304 e. The number of likely N-dealkylation sites (N-methyl/N-ethyl adjacent to an activating group) is 1. The van der Waals surface area contributed by atoms with E-state index < -0.39 is 12.1 Å². The van der Waals surface area contributed by atoms with Crippen molar-refractivity contribution in [2.24, 2.45) is 0 Å². The van der Waals surface area contributed by atoms with Gasteiger partial charge in [-0.15, -0.1) is 0 Å². The summed E-state index contributed by atoms with van der Waals surface area (Å²) in [5, 5.41) is 8.85. The zero-order valence-electron chi connectivity index (χ0n) is 9.23. The van der Waals surface area contributed by atoms with E-state index in [2.05, 4.69) is 7.05 Å². The molecule has 0 aliphatic carbocycles. The van der Waals surface area contributed by atoms with Crippen LogP contribution in [0.5, 0.6) is 0 Å². The van der Waals surface area contributed by atoms with Gasteiger partial charge in [0, 0.05) is 6.92 Å². The van der Waals surface area contributed by atoms with Crippen LogP contribution >= 0.6 is 0 Å². The van der Waals surface area contributed by atoms with Crippen LogP contribution in [0.25, 0.3) is 0 Å². The van der Waals surface area contributed by atoms with Crippen LogP contribution in [-0.4, -0.2) is 56.5 Å². The fourth-order valence-electron chi connectivity index (χ4n) is 1.67. The van der Waals surface area contributed by atoms with Gasteiger partial charge in [0.15, 0.2) is 0 Å². The van der Waals surface area contributed by atoms with E-state index in [1.54, 1.807) is 0 Å². The van der Waals surface area contributed by atoms with Crippen molar-refractivity contribution in [3.8, 4) is 6.07 Å². The maximum Gasteiger partial charge on any atom is 0.304 e.